The number of fused-ring (bicyclic) bond motifs is 2. The van der Waals surface area contributed by atoms with E-state index in [1.54, 1.807) is 11.3 Å². The number of amides is 2. The van der Waals surface area contributed by atoms with Gasteiger partial charge in [-0.05, 0) is 53.1 Å². The average molecular weight is 467 g/mol. The molecule has 3 aromatic heterocycles. The molecule has 0 aliphatic carbocycles. The highest BCUT2D eigenvalue weighted by molar-refractivity contribution is 7.07. The second kappa shape index (κ2) is 9.63. The molecule has 5 rings (SSSR count). The molecular formula is C23H26N6O3S. The molecule has 0 atom stereocenters. The van der Waals surface area contributed by atoms with Crippen molar-refractivity contribution in [2.24, 2.45) is 0 Å². The van der Waals surface area contributed by atoms with Gasteiger partial charge < -0.3 is 19.9 Å². The third-order valence-corrected chi connectivity index (χ3v) is 6.51. The summed E-state index contributed by atoms with van der Waals surface area (Å²) in [6, 6.07) is 9.66. The predicted octanol–water partition coefficient (Wildman–Crippen LogP) is 2.76. The molecule has 0 saturated carbocycles. The molecule has 4 aromatic rings. The van der Waals surface area contributed by atoms with Gasteiger partial charge in [-0.25, -0.2) is 14.6 Å². The van der Waals surface area contributed by atoms with Crippen LogP contribution in [0.25, 0.3) is 22.1 Å². The lowest BCUT2D eigenvalue weighted by Gasteiger charge is -2.34. The highest BCUT2D eigenvalue weighted by Crippen LogP contribution is 2.22. The number of piperazine rings is 1. The van der Waals surface area contributed by atoms with E-state index >= 15 is 0 Å². The van der Waals surface area contributed by atoms with E-state index in [2.05, 4.69) is 42.0 Å². The lowest BCUT2D eigenvalue weighted by molar-refractivity contribution is 0.135. The number of aromatic nitrogens is 3. The van der Waals surface area contributed by atoms with E-state index in [0.29, 0.717) is 30.7 Å². The third kappa shape index (κ3) is 5.18. The van der Waals surface area contributed by atoms with Gasteiger partial charge in [-0.2, -0.15) is 11.3 Å². The van der Waals surface area contributed by atoms with Crippen molar-refractivity contribution >= 4 is 39.4 Å². The molecule has 1 aliphatic heterocycles. The third-order valence-electron chi connectivity index (χ3n) is 5.78. The summed E-state index contributed by atoms with van der Waals surface area (Å²) >= 11 is 1.72. The van der Waals surface area contributed by atoms with Crippen molar-refractivity contribution < 1.29 is 9.53 Å². The molecule has 3 N–H and O–H groups in total. The molecule has 1 aliphatic rings. The second-order valence-corrected chi connectivity index (χ2v) is 8.93. The number of H-pyrrole nitrogens is 2. The molecule has 1 aromatic carbocycles. The van der Waals surface area contributed by atoms with Gasteiger partial charge >= 0.3 is 11.7 Å². The Balaban J connectivity index is 1.04. The van der Waals surface area contributed by atoms with Crippen molar-refractivity contribution in [2.45, 2.75) is 13.0 Å². The van der Waals surface area contributed by atoms with Crippen molar-refractivity contribution in [3.8, 4) is 5.75 Å². The van der Waals surface area contributed by atoms with Crippen LogP contribution in [0.15, 0.2) is 45.9 Å². The first-order valence-corrected chi connectivity index (χ1v) is 12.0. The van der Waals surface area contributed by atoms with Crippen LogP contribution in [-0.2, 0) is 6.54 Å². The van der Waals surface area contributed by atoms with Gasteiger partial charge in [0.2, 0.25) is 0 Å². The second-order valence-electron chi connectivity index (χ2n) is 8.15. The van der Waals surface area contributed by atoms with Gasteiger partial charge in [0, 0.05) is 44.7 Å². The number of nitrogens with one attached hydrogen (secondary N) is 3. The summed E-state index contributed by atoms with van der Waals surface area (Å²) in [6.45, 7) is 5.30. The molecule has 10 heteroatoms. The Morgan fingerprint density at radius 3 is 2.85 bits per heavy atom. The van der Waals surface area contributed by atoms with E-state index in [-0.39, 0.29) is 11.7 Å². The number of imidazole rings is 1. The van der Waals surface area contributed by atoms with Gasteiger partial charge in [-0.15, -0.1) is 0 Å². The molecule has 4 heterocycles. The summed E-state index contributed by atoms with van der Waals surface area (Å²) in [5.41, 5.74) is 3.06. The molecular weight excluding hydrogens is 440 g/mol. The van der Waals surface area contributed by atoms with Crippen LogP contribution in [0.3, 0.4) is 0 Å². The minimum atomic E-state index is -0.272. The Kier molecular flexibility index (Phi) is 6.27. The fourth-order valence-corrected chi connectivity index (χ4v) is 4.68. The number of thiophene rings is 1. The Bertz CT molecular complexity index is 1290. The first kappa shape index (κ1) is 21.5. The van der Waals surface area contributed by atoms with E-state index in [9.17, 15) is 9.59 Å². The van der Waals surface area contributed by atoms with Crippen LogP contribution < -0.4 is 15.7 Å². The van der Waals surface area contributed by atoms with E-state index in [4.69, 9.17) is 4.74 Å². The number of aromatic amines is 2. The van der Waals surface area contributed by atoms with Crippen LogP contribution in [0, 0.1) is 0 Å². The molecule has 0 spiro atoms. The van der Waals surface area contributed by atoms with Crippen LogP contribution in [0.5, 0.6) is 5.75 Å². The summed E-state index contributed by atoms with van der Waals surface area (Å²) in [4.78, 5) is 38.0. The zero-order valence-electron chi connectivity index (χ0n) is 18.2. The minimum Gasteiger partial charge on any atom is -0.494 e. The summed E-state index contributed by atoms with van der Waals surface area (Å²) < 4.78 is 5.84. The summed E-state index contributed by atoms with van der Waals surface area (Å²) in [6.07, 6.45) is 0.713. The number of pyridine rings is 1. The lowest BCUT2D eigenvalue weighted by atomic mass is 10.2. The van der Waals surface area contributed by atoms with Gasteiger partial charge in [-0.3, -0.25) is 9.88 Å². The molecule has 9 nitrogen and oxygen atoms in total. The molecule has 1 fully saturated rings. The molecule has 2 amide bonds. The molecule has 0 radical (unpaired) electrons. The molecule has 0 bridgehead atoms. The van der Waals surface area contributed by atoms with Crippen molar-refractivity contribution in [1.29, 1.82) is 0 Å². The number of hydrogen-bond acceptors (Lipinski definition) is 6. The topological polar surface area (TPSA) is 106 Å². The Morgan fingerprint density at radius 1 is 1.15 bits per heavy atom. The van der Waals surface area contributed by atoms with Crippen molar-refractivity contribution in [1.82, 2.24) is 30.1 Å². The SMILES string of the molecule is O=C(NCCCOc1ccc2nc3[nH]c(=O)[nH]c3cc2c1)N1CCN(Cc2ccsc2)CC1. The van der Waals surface area contributed by atoms with Crippen LogP contribution in [0.1, 0.15) is 12.0 Å². The zero-order valence-corrected chi connectivity index (χ0v) is 19.0. The number of hydrogen-bond donors (Lipinski definition) is 3. The molecule has 172 valence electrons. The number of urea groups is 1. The largest absolute Gasteiger partial charge is 0.494 e. The van der Waals surface area contributed by atoms with E-state index in [1.165, 1.54) is 5.56 Å². The number of nitrogens with zero attached hydrogens (tertiary/aromatic N) is 3. The fourth-order valence-electron chi connectivity index (χ4n) is 4.02. The number of carbonyl (C=O) groups excluding carboxylic acids is 1. The quantitative estimate of drug-likeness (QED) is 0.363. The molecule has 0 unspecified atom stereocenters. The van der Waals surface area contributed by atoms with Gasteiger partial charge in [0.1, 0.15) is 5.75 Å². The smallest absolute Gasteiger partial charge is 0.325 e. The van der Waals surface area contributed by atoms with E-state index in [1.807, 2.05) is 29.2 Å². The van der Waals surface area contributed by atoms with Crippen molar-refractivity contribution in [2.75, 3.05) is 39.3 Å². The monoisotopic (exact) mass is 466 g/mol. The number of benzene rings is 1. The summed E-state index contributed by atoms with van der Waals surface area (Å²) in [7, 11) is 0. The van der Waals surface area contributed by atoms with Gasteiger partial charge in [-0.1, -0.05) is 0 Å². The predicted molar refractivity (Wildman–Crippen MR) is 129 cm³/mol. The maximum Gasteiger partial charge on any atom is 0.325 e. The van der Waals surface area contributed by atoms with E-state index < -0.39 is 0 Å². The van der Waals surface area contributed by atoms with Crippen LogP contribution in [0.4, 0.5) is 4.79 Å². The Labute approximate surface area is 194 Å². The standard InChI is InChI=1S/C23H26N6O3S/c30-22-26-20-13-17-12-18(2-3-19(17)25-21(20)27-22)32-10-1-5-24-23(31)29-8-6-28(7-9-29)14-16-4-11-33-15-16/h2-4,11-13,15H,1,5-10,14H2,(H,24,31)(H2,25,26,27,30). The van der Waals surface area contributed by atoms with Crippen molar-refractivity contribution in [3.63, 3.8) is 0 Å². The normalized spacial score (nSPS) is 14.7. The molecule has 1 saturated heterocycles. The number of carbonyl (C=O) groups is 1. The summed E-state index contributed by atoms with van der Waals surface area (Å²) in [5, 5.41) is 8.16. The maximum absolute atomic E-state index is 12.4. The first-order chi connectivity index (χ1) is 16.1. The first-order valence-electron chi connectivity index (χ1n) is 11.1. The highest BCUT2D eigenvalue weighted by atomic mass is 32.1. The van der Waals surface area contributed by atoms with Crippen LogP contribution >= 0.6 is 11.3 Å². The number of rotatable bonds is 7. The Morgan fingerprint density at radius 2 is 2.03 bits per heavy atom. The van der Waals surface area contributed by atoms with Gasteiger partial charge in [0.15, 0.2) is 5.65 Å². The molecule has 33 heavy (non-hydrogen) atoms. The van der Waals surface area contributed by atoms with Crippen LogP contribution in [-0.4, -0.2) is 70.1 Å². The average Bonchev–Trinajstić information content (AvgIpc) is 3.45. The maximum atomic E-state index is 12.4. The Hall–Kier alpha value is -3.37. The number of ether oxygens (including phenoxy) is 1. The fraction of sp³-hybridized carbons (Fsp3) is 0.348. The van der Waals surface area contributed by atoms with Gasteiger partial charge in [0.05, 0.1) is 17.6 Å². The van der Waals surface area contributed by atoms with Crippen molar-refractivity contribution in [3.05, 3.63) is 57.1 Å². The van der Waals surface area contributed by atoms with E-state index in [0.717, 1.165) is 49.4 Å². The minimum absolute atomic E-state index is 0.00789. The zero-order chi connectivity index (χ0) is 22.6. The summed E-state index contributed by atoms with van der Waals surface area (Å²) in [5.74, 6) is 0.731. The van der Waals surface area contributed by atoms with Gasteiger partial charge in [0.25, 0.3) is 0 Å². The highest BCUT2D eigenvalue weighted by Gasteiger charge is 2.20. The lowest BCUT2D eigenvalue weighted by Crippen LogP contribution is -2.51. The van der Waals surface area contributed by atoms with Crippen LogP contribution in [0.2, 0.25) is 0 Å².